The highest BCUT2D eigenvalue weighted by molar-refractivity contribution is 6.33. The maximum atomic E-state index is 12.8. The average Bonchev–Trinajstić information content (AvgIpc) is 2.86. The monoisotopic (exact) mass is 462 g/mol. The van der Waals surface area contributed by atoms with E-state index in [0.29, 0.717) is 48.8 Å². The molecule has 1 saturated heterocycles. The van der Waals surface area contributed by atoms with Gasteiger partial charge in [-0.1, -0.05) is 41.9 Å². The highest BCUT2D eigenvalue weighted by Gasteiger charge is 2.27. The van der Waals surface area contributed by atoms with Crippen LogP contribution in [0.15, 0.2) is 65.6 Å². The summed E-state index contributed by atoms with van der Waals surface area (Å²) in [5, 5.41) is 16.5. The second-order valence-corrected chi connectivity index (χ2v) is 8.12. The summed E-state index contributed by atoms with van der Waals surface area (Å²) in [5.74, 6) is -0.170. The Bertz CT molecular complexity index is 1250. The fourth-order valence-electron chi connectivity index (χ4n) is 3.84. The molecule has 1 aliphatic heterocycles. The largest absolute Gasteiger partial charge is 0.366 e. The molecule has 0 bridgehead atoms. The molecule has 0 spiro atoms. The van der Waals surface area contributed by atoms with Crippen molar-refractivity contribution in [3.63, 3.8) is 0 Å². The van der Waals surface area contributed by atoms with E-state index in [2.05, 4.69) is 21.4 Å². The van der Waals surface area contributed by atoms with E-state index in [9.17, 15) is 14.9 Å². The van der Waals surface area contributed by atoms with Gasteiger partial charge in [0.05, 0.1) is 34.9 Å². The predicted octanol–water partition coefficient (Wildman–Crippen LogP) is 2.91. The molecular weight excluding hydrogens is 440 g/mol. The van der Waals surface area contributed by atoms with E-state index in [4.69, 9.17) is 11.6 Å². The van der Waals surface area contributed by atoms with Crippen LogP contribution in [-0.4, -0.2) is 52.8 Å². The number of amides is 1. The number of hydrogen-bond donors (Lipinski definition) is 1. The minimum absolute atomic E-state index is 0.126. The van der Waals surface area contributed by atoms with Crippen LogP contribution in [0.4, 0.5) is 11.4 Å². The van der Waals surface area contributed by atoms with E-state index in [1.165, 1.54) is 4.68 Å². The van der Waals surface area contributed by atoms with Gasteiger partial charge in [-0.05, 0) is 31.2 Å². The maximum absolute atomic E-state index is 12.8. The molecule has 1 amide bonds. The van der Waals surface area contributed by atoms with E-state index in [-0.39, 0.29) is 22.5 Å². The number of nitrogens with zero attached hydrogens (tertiary/aromatic N) is 5. The van der Waals surface area contributed by atoms with Gasteiger partial charge < -0.3 is 10.2 Å². The molecule has 1 unspecified atom stereocenters. The highest BCUT2D eigenvalue weighted by Crippen LogP contribution is 2.24. The molecule has 8 nitrogen and oxygen atoms in total. The molecule has 0 aliphatic carbocycles. The fourth-order valence-corrected chi connectivity index (χ4v) is 4.09. The zero-order valence-corrected chi connectivity index (χ0v) is 18.9. The van der Waals surface area contributed by atoms with Crippen LogP contribution in [0, 0.1) is 11.3 Å². The molecule has 4 rings (SSSR count). The number of aromatic nitrogens is 2. The summed E-state index contributed by atoms with van der Waals surface area (Å²) in [6.07, 6.45) is 1.61. The van der Waals surface area contributed by atoms with Gasteiger partial charge >= 0.3 is 0 Å². The first-order valence-electron chi connectivity index (χ1n) is 10.6. The third-order valence-corrected chi connectivity index (χ3v) is 6.14. The average molecular weight is 463 g/mol. The van der Waals surface area contributed by atoms with Crippen LogP contribution in [0.5, 0.6) is 0 Å². The van der Waals surface area contributed by atoms with Crippen LogP contribution in [-0.2, 0) is 4.79 Å². The summed E-state index contributed by atoms with van der Waals surface area (Å²) in [6.45, 7) is 4.28. The lowest BCUT2D eigenvalue weighted by atomic mass is 10.1. The highest BCUT2D eigenvalue weighted by atomic mass is 35.5. The molecule has 1 N–H and O–H groups in total. The van der Waals surface area contributed by atoms with Crippen LogP contribution >= 0.6 is 11.6 Å². The van der Waals surface area contributed by atoms with Crippen molar-refractivity contribution in [2.75, 3.05) is 36.4 Å². The lowest BCUT2D eigenvalue weighted by molar-refractivity contribution is -0.120. The molecule has 3 aromatic rings. The molecule has 0 radical (unpaired) electrons. The van der Waals surface area contributed by atoms with Crippen LogP contribution in [0.25, 0.3) is 5.69 Å². The molecule has 1 aliphatic rings. The van der Waals surface area contributed by atoms with Gasteiger partial charge in [-0.15, -0.1) is 0 Å². The number of carbonyl (C=O) groups excluding carboxylic acids is 1. The second-order valence-electron chi connectivity index (χ2n) is 7.74. The minimum atomic E-state index is -0.376. The Balaban J connectivity index is 1.41. The van der Waals surface area contributed by atoms with Crippen LogP contribution < -0.4 is 15.8 Å². The summed E-state index contributed by atoms with van der Waals surface area (Å²) in [5.41, 5.74) is 1.81. The summed E-state index contributed by atoms with van der Waals surface area (Å²) in [6, 6.07) is 17.8. The normalized spacial score (nSPS) is 15.0. The van der Waals surface area contributed by atoms with Gasteiger partial charge in [0.15, 0.2) is 0 Å². The Labute approximate surface area is 196 Å². The second kappa shape index (κ2) is 9.86. The van der Waals surface area contributed by atoms with E-state index in [1.54, 1.807) is 42.6 Å². The zero-order valence-electron chi connectivity index (χ0n) is 18.1. The van der Waals surface area contributed by atoms with Crippen molar-refractivity contribution in [2.45, 2.75) is 13.0 Å². The molecule has 33 heavy (non-hydrogen) atoms. The van der Waals surface area contributed by atoms with Gasteiger partial charge in [-0.2, -0.15) is 15.0 Å². The number of benzene rings is 2. The number of nitriles is 1. The van der Waals surface area contributed by atoms with Gasteiger partial charge in [0.1, 0.15) is 11.1 Å². The van der Waals surface area contributed by atoms with Gasteiger partial charge in [-0.3, -0.25) is 14.5 Å². The zero-order chi connectivity index (χ0) is 23.4. The minimum Gasteiger partial charge on any atom is -0.366 e. The number of rotatable bonds is 5. The van der Waals surface area contributed by atoms with Crippen LogP contribution in [0.1, 0.15) is 12.5 Å². The van der Waals surface area contributed by atoms with Crippen molar-refractivity contribution < 1.29 is 4.79 Å². The van der Waals surface area contributed by atoms with Crippen molar-refractivity contribution in [3.8, 4) is 11.8 Å². The lowest BCUT2D eigenvalue weighted by Crippen LogP contribution is -2.53. The maximum Gasteiger partial charge on any atom is 0.292 e. The van der Waals surface area contributed by atoms with Gasteiger partial charge in [0.2, 0.25) is 5.91 Å². The number of anilines is 2. The molecular formula is C24H23ClN6O2. The Morgan fingerprint density at radius 3 is 2.45 bits per heavy atom. The molecule has 2 aromatic carbocycles. The van der Waals surface area contributed by atoms with Crippen molar-refractivity contribution in [2.24, 2.45) is 0 Å². The van der Waals surface area contributed by atoms with Gasteiger partial charge in [0, 0.05) is 26.2 Å². The fraction of sp³-hybridized carbons (Fsp3) is 0.250. The van der Waals surface area contributed by atoms with Crippen molar-refractivity contribution in [3.05, 3.63) is 81.7 Å². The predicted molar refractivity (Wildman–Crippen MR) is 128 cm³/mol. The van der Waals surface area contributed by atoms with Gasteiger partial charge in [-0.25, -0.2) is 0 Å². The number of piperazine rings is 1. The van der Waals surface area contributed by atoms with E-state index in [1.807, 2.05) is 30.0 Å². The van der Waals surface area contributed by atoms with Crippen molar-refractivity contribution in [1.29, 1.82) is 5.26 Å². The van der Waals surface area contributed by atoms with E-state index in [0.717, 1.165) is 0 Å². The van der Waals surface area contributed by atoms with Gasteiger partial charge in [0.25, 0.3) is 5.56 Å². The Morgan fingerprint density at radius 2 is 1.76 bits per heavy atom. The smallest absolute Gasteiger partial charge is 0.292 e. The standard InChI is InChI=1S/C24H23ClN6O2/c1-17(23(32)28-20-10-6-5-7-18(20)15-26)29-11-13-30(14-12-29)21-16-27-31(24(33)22(21)25)19-8-3-2-4-9-19/h2-10,16-17H,11-14H2,1H3,(H,28,32). The first kappa shape index (κ1) is 22.5. The summed E-state index contributed by atoms with van der Waals surface area (Å²) >= 11 is 6.43. The Hall–Kier alpha value is -3.67. The van der Waals surface area contributed by atoms with Crippen molar-refractivity contribution in [1.82, 2.24) is 14.7 Å². The van der Waals surface area contributed by atoms with Crippen molar-refractivity contribution >= 4 is 28.9 Å². The number of nitrogens with one attached hydrogen (secondary N) is 1. The molecule has 1 aromatic heterocycles. The summed E-state index contributed by atoms with van der Waals surface area (Å²) < 4.78 is 1.29. The SMILES string of the molecule is CC(C(=O)Nc1ccccc1C#N)N1CCN(c2cnn(-c3ccccc3)c(=O)c2Cl)CC1. The van der Waals surface area contributed by atoms with E-state index < -0.39 is 0 Å². The third kappa shape index (κ3) is 4.75. The number of halogens is 1. The first-order chi connectivity index (χ1) is 16.0. The molecule has 2 heterocycles. The number of para-hydroxylation sites is 2. The number of carbonyl (C=O) groups is 1. The lowest BCUT2D eigenvalue weighted by Gasteiger charge is -2.38. The topological polar surface area (TPSA) is 94.3 Å². The Kier molecular flexibility index (Phi) is 6.73. The third-order valence-electron chi connectivity index (χ3n) is 5.79. The Morgan fingerprint density at radius 1 is 1.09 bits per heavy atom. The molecule has 0 saturated carbocycles. The van der Waals surface area contributed by atoms with Crippen LogP contribution in [0.2, 0.25) is 5.02 Å². The summed E-state index contributed by atoms with van der Waals surface area (Å²) in [4.78, 5) is 29.6. The first-order valence-corrected chi connectivity index (χ1v) is 11.0. The molecule has 1 fully saturated rings. The van der Waals surface area contributed by atoms with E-state index >= 15 is 0 Å². The molecule has 9 heteroatoms. The summed E-state index contributed by atoms with van der Waals surface area (Å²) in [7, 11) is 0. The quantitative estimate of drug-likeness (QED) is 0.626. The number of hydrogen-bond acceptors (Lipinski definition) is 6. The molecule has 168 valence electrons. The molecule has 1 atom stereocenters. The van der Waals surface area contributed by atoms with Crippen LogP contribution in [0.3, 0.4) is 0 Å².